The lowest BCUT2D eigenvalue weighted by Crippen LogP contribution is -2.17. The molecule has 0 atom stereocenters. The van der Waals surface area contributed by atoms with Gasteiger partial charge in [-0.3, -0.25) is 4.79 Å². The molecule has 0 unspecified atom stereocenters. The minimum Gasteiger partial charge on any atom is -0.462 e. The molecule has 0 fully saturated rings. The van der Waals surface area contributed by atoms with Crippen molar-refractivity contribution in [2.45, 2.75) is 26.4 Å². The maximum atomic E-state index is 9.60. The van der Waals surface area contributed by atoms with Gasteiger partial charge in [0.05, 0.1) is 6.33 Å². The molecule has 68 valence electrons. The van der Waals surface area contributed by atoms with Crippen LogP contribution in [0.4, 0.5) is 0 Å². The highest BCUT2D eigenvalue weighted by atomic mass is 16.5. The van der Waals surface area contributed by atoms with Gasteiger partial charge in [0, 0.05) is 12.4 Å². The van der Waals surface area contributed by atoms with Gasteiger partial charge < -0.3 is 9.72 Å². The second kappa shape index (κ2) is 5.35. The molecular weight excluding hydrogens is 156 g/mol. The highest BCUT2D eigenvalue weighted by Gasteiger charge is 2.07. The summed E-state index contributed by atoms with van der Waals surface area (Å²) < 4.78 is 4.55. The number of aromatic nitrogens is 2. The number of nitrogens with zero attached hydrogens (tertiary/aromatic N) is 1. The van der Waals surface area contributed by atoms with Gasteiger partial charge in [-0.05, 0) is 20.8 Å². The number of hydrogen-bond donors (Lipinski definition) is 1. The van der Waals surface area contributed by atoms with E-state index in [-0.39, 0.29) is 5.60 Å². The summed E-state index contributed by atoms with van der Waals surface area (Å²) in [5.41, 5.74) is -0.318. The summed E-state index contributed by atoms with van der Waals surface area (Å²) in [6.45, 7) is 5.92. The highest BCUT2D eigenvalue weighted by molar-refractivity contribution is 5.37. The van der Waals surface area contributed by atoms with Gasteiger partial charge in [-0.1, -0.05) is 0 Å². The van der Waals surface area contributed by atoms with E-state index in [1.54, 1.807) is 18.7 Å². The molecule has 0 bridgehead atoms. The van der Waals surface area contributed by atoms with Gasteiger partial charge in [-0.2, -0.15) is 0 Å². The van der Waals surface area contributed by atoms with Crippen LogP contribution in [-0.2, 0) is 9.53 Å². The third-order valence-electron chi connectivity index (χ3n) is 0.808. The van der Waals surface area contributed by atoms with Crippen LogP contribution in [0.1, 0.15) is 20.8 Å². The van der Waals surface area contributed by atoms with Crippen molar-refractivity contribution in [1.29, 1.82) is 0 Å². The maximum Gasteiger partial charge on any atom is 0.293 e. The Kier molecular flexibility index (Phi) is 4.76. The first-order valence-corrected chi connectivity index (χ1v) is 3.60. The number of H-pyrrole nitrogens is 1. The first kappa shape index (κ1) is 10.7. The fraction of sp³-hybridized carbons (Fsp3) is 0.500. The standard InChI is InChI=1S/C5H10O2.C3H4N2/c1-5(2,3)7-4-6;1-2-5-3-4-1/h4H,1-3H3;1-3H,(H,4,5). The summed E-state index contributed by atoms with van der Waals surface area (Å²) in [6, 6.07) is 0. The van der Waals surface area contributed by atoms with Gasteiger partial charge in [0.25, 0.3) is 6.47 Å². The number of aromatic amines is 1. The zero-order chi connectivity index (χ0) is 9.45. The maximum absolute atomic E-state index is 9.60. The van der Waals surface area contributed by atoms with Crippen LogP contribution in [0.25, 0.3) is 0 Å². The van der Waals surface area contributed by atoms with E-state index in [1.807, 2.05) is 20.8 Å². The Morgan fingerprint density at radius 1 is 1.50 bits per heavy atom. The topological polar surface area (TPSA) is 55.0 Å². The van der Waals surface area contributed by atoms with E-state index >= 15 is 0 Å². The quantitative estimate of drug-likeness (QED) is 0.647. The van der Waals surface area contributed by atoms with Crippen LogP contribution in [-0.4, -0.2) is 22.0 Å². The van der Waals surface area contributed by atoms with Crippen molar-refractivity contribution < 1.29 is 9.53 Å². The molecule has 1 heterocycles. The molecule has 0 aliphatic heterocycles. The minimum absolute atomic E-state index is 0.318. The molecule has 1 N–H and O–H groups in total. The van der Waals surface area contributed by atoms with Crippen LogP contribution in [0, 0.1) is 0 Å². The van der Waals surface area contributed by atoms with Gasteiger partial charge in [0.15, 0.2) is 0 Å². The van der Waals surface area contributed by atoms with E-state index < -0.39 is 0 Å². The van der Waals surface area contributed by atoms with Crippen molar-refractivity contribution >= 4 is 6.47 Å². The molecule has 0 aliphatic carbocycles. The number of rotatable bonds is 1. The average Bonchev–Trinajstić information content (AvgIpc) is 2.38. The van der Waals surface area contributed by atoms with Crippen molar-refractivity contribution in [3.05, 3.63) is 18.7 Å². The van der Waals surface area contributed by atoms with E-state index in [4.69, 9.17) is 0 Å². The van der Waals surface area contributed by atoms with E-state index in [1.165, 1.54) is 0 Å². The molecule has 1 rings (SSSR count). The lowest BCUT2D eigenvalue weighted by atomic mass is 10.2. The number of nitrogens with one attached hydrogen (secondary N) is 1. The number of imidazole rings is 1. The Hall–Kier alpha value is -1.32. The molecule has 0 amide bonds. The largest absolute Gasteiger partial charge is 0.462 e. The molecule has 0 aliphatic rings. The van der Waals surface area contributed by atoms with E-state index in [0.717, 1.165) is 0 Å². The van der Waals surface area contributed by atoms with Gasteiger partial charge >= 0.3 is 0 Å². The van der Waals surface area contributed by atoms with Crippen molar-refractivity contribution in [3.8, 4) is 0 Å². The Morgan fingerprint density at radius 2 is 2.17 bits per heavy atom. The predicted molar refractivity (Wildman–Crippen MR) is 45.5 cm³/mol. The van der Waals surface area contributed by atoms with Crippen LogP contribution in [0.15, 0.2) is 18.7 Å². The molecular formula is C8H14N2O2. The Balaban J connectivity index is 0.000000211. The summed E-state index contributed by atoms with van der Waals surface area (Å²) >= 11 is 0. The lowest BCUT2D eigenvalue weighted by Gasteiger charge is -2.14. The Bertz CT molecular complexity index is 172. The van der Waals surface area contributed by atoms with Gasteiger partial charge in [0.1, 0.15) is 5.60 Å². The third-order valence-corrected chi connectivity index (χ3v) is 0.808. The third kappa shape index (κ3) is 8.68. The van der Waals surface area contributed by atoms with E-state index in [9.17, 15) is 4.79 Å². The normalized spacial score (nSPS) is 9.58. The number of hydrogen-bond acceptors (Lipinski definition) is 3. The first-order chi connectivity index (χ1) is 5.56. The van der Waals surface area contributed by atoms with Crippen molar-refractivity contribution in [1.82, 2.24) is 9.97 Å². The second-order valence-electron chi connectivity index (χ2n) is 3.09. The molecule has 0 saturated carbocycles. The zero-order valence-electron chi connectivity index (χ0n) is 7.57. The molecule has 4 nitrogen and oxygen atoms in total. The number of carbonyl (C=O) groups is 1. The fourth-order valence-corrected chi connectivity index (χ4v) is 0.360. The summed E-state index contributed by atoms with van der Waals surface area (Å²) in [7, 11) is 0. The van der Waals surface area contributed by atoms with Gasteiger partial charge in [-0.25, -0.2) is 4.98 Å². The van der Waals surface area contributed by atoms with Crippen LogP contribution in [0.2, 0.25) is 0 Å². The SMILES string of the molecule is CC(C)(C)OC=O.c1c[nH]cn1. The summed E-state index contributed by atoms with van der Waals surface area (Å²) in [4.78, 5) is 16.0. The summed E-state index contributed by atoms with van der Waals surface area (Å²) in [5, 5.41) is 0. The average molecular weight is 170 g/mol. The molecule has 0 spiro atoms. The molecule has 0 aromatic carbocycles. The Morgan fingerprint density at radius 3 is 2.25 bits per heavy atom. The van der Waals surface area contributed by atoms with E-state index in [0.29, 0.717) is 6.47 Å². The smallest absolute Gasteiger partial charge is 0.293 e. The summed E-state index contributed by atoms with van der Waals surface area (Å²) in [6.07, 6.45) is 5.08. The van der Waals surface area contributed by atoms with Crippen molar-refractivity contribution in [2.75, 3.05) is 0 Å². The Labute approximate surface area is 72.0 Å². The van der Waals surface area contributed by atoms with Gasteiger partial charge in [0.2, 0.25) is 0 Å². The highest BCUT2D eigenvalue weighted by Crippen LogP contribution is 2.02. The molecule has 12 heavy (non-hydrogen) atoms. The monoisotopic (exact) mass is 170 g/mol. The van der Waals surface area contributed by atoms with Crippen molar-refractivity contribution in [3.63, 3.8) is 0 Å². The molecule has 1 aromatic rings. The summed E-state index contributed by atoms with van der Waals surface area (Å²) in [5.74, 6) is 0. The molecule has 0 radical (unpaired) electrons. The van der Waals surface area contributed by atoms with Crippen LogP contribution < -0.4 is 0 Å². The van der Waals surface area contributed by atoms with Crippen LogP contribution in [0.5, 0.6) is 0 Å². The zero-order valence-corrected chi connectivity index (χ0v) is 7.57. The van der Waals surface area contributed by atoms with E-state index in [2.05, 4.69) is 14.7 Å². The minimum atomic E-state index is -0.318. The first-order valence-electron chi connectivity index (χ1n) is 3.60. The second-order valence-corrected chi connectivity index (χ2v) is 3.09. The predicted octanol–water partition coefficient (Wildman–Crippen LogP) is 1.37. The van der Waals surface area contributed by atoms with Crippen LogP contribution in [0.3, 0.4) is 0 Å². The van der Waals surface area contributed by atoms with Crippen LogP contribution >= 0.6 is 0 Å². The van der Waals surface area contributed by atoms with Crippen molar-refractivity contribution in [2.24, 2.45) is 0 Å². The number of carbonyl (C=O) groups excluding carboxylic acids is 1. The molecule has 0 saturated heterocycles. The number of ether oxygens (including phenoxy) is 1. The lowest BCUT2D eigenvalue weighted by molar-refractivity contribution is -0.138. The fourth-order valence-electron chi connectivity index (χ4n) is 0.360. The molecule has 4 heteroatoms. The van der Waals surface area contributed by atoms with Gasteiger partial charge in [-0.15, -0.1) is 0 Å². The molecule has 1 aromatic heterocycles.